The molecule has 190 valence electrons. The number of amides is 2. The van der Waals surface area contributed by atoms with E-state index in [0.29, 0.717) is 36.2 Å². The largest absolute Gasteiger partial charge is 0.619 e. The summed E-state index contributed by atoms with van der Waals surface area (Å²) in [6, 6.07) is 12.8. The van der Waals surface area contributed by atoms with Crippen LogP contribution in [0.5, 0.6) is 0 Å². The maximum atomic E-state index is 13.2. The van der Waals surface area contributed by atoms with Crippen LogP contribution >= 0.6 is 0 Å². The first-order valence-electron chi connectivity index (χ1n) is 12.5. The van der Waals surface area contributed by atoms with Crippen LogP contribution in [0, 0.1) is 17.0 Å². The van der Waals surface area contributed by atoms with Crippen LogP contribution in [0.1, 0.15) is 56.8 Å². The predicted molar refractivity (Wildman–Crippen MR) is 138 cm³/mol. The monoisotopic (exact) mass is 490 g/mol. The summed E-state index contributed by atoms with van der Waals surface area (Å²) < 4.78 is 6.03. The number of fused-ring (bicyclic) bond motifs is 1. The van der Waals surface area contributed by atoms with Gasteiger partial charge in [0.05, 0.1) is 16.8 Å². The molecule has 0 bridgehead atoms. The van der Waals surface area contributed by atoms with Crippen molar-refractivity contribution < 1.29 is 19.1 Å². The summed E-state index contributed by atoms with van der Waals surface area (Å²) in [6.07, 6.45) is 6.49. The number of aromatic nitrogens is 2. The van der Waals surface area contributed by atoms with Crippen LogP contribution in [-0.4, -0.2) is 35.7 Å². The van der Waals surface area contributed by atoms with Gasteiger partial charge in [-0.1, -0.05) is 18.2 Å². The highest BCUT2D eigenvalue weighted by molar-refractivity contribution is 6.07. The molecule has 3 aromatic rings. The maximum Gasteiger partial charge on any atom is 0.407 e. The van der Waals surface area contributed by atoms with Gasteiger partial charge in [-0.2, -0.15) is 4.73 Å². The number of nitrogens with zero attached hydrogens (tertiary/aromatic N) is 2. The highest BCUT2D eigenvalue weighted by atomic mass is 16.6. The van der Waals surface area contributed by atoms with E-state index in [2.05, 4.69) is 10.6 Å². The first-order chi connectivity index (χ1) is 17.2. The van der Waals surface area contributed by atoms with Crippen molar-refractivity contribution in [3.05, 3.63) is 65.6 Å². The minimum Gasteiger partial charge on any atom is -0.619 e. The number of para-hydroxylation sites is 1. The van der Waals surface area contributed by atoms with Crippen molar-refractivity contribution in [3.8, 4) is 11.3 Å². The second kappa shape index (κ2) is 10.9. The number of hydrogen-bond donors (Lipinski definition) is 2. The molecule has 8 nitrogen and oxygen atoms in total. The van der Waals surface area contributed by atoms with Gasteiger partial charge in [0.2, 0.25) is 0 Å². The Balaban J connectivity index is 1.35. The van der Waals surface area contributed by atoms with Gasteiger partial charge < -0.3 is 20.6 Å². The molecule has 1 saturated carbocycles. The summed E-state index contributed by atoms with van der Waals surface area (Å²) in [6.45, 7) is 6.79. The Morgan fingerprint density at radius 1 is 1.00 bits per heavy atom. The summed E-state index contributed by atoms with van der Waals surface area (Å²) in [5.74, 6) is 0.703. The van der Waals surface area contributed by atoms with E-state index < -0.39 is 5.60 Å². The molecule has 36 heavy (non-hydrogen) atoms. The molecule has 1 aliphatic carbocycles. The number of benzene rings is 1. The zero-order chi connectivity index (χ0) is 25.7. The highest BCUT2D eigenvalue weighted by Gasteiger charge is 2.24. The second-order valence-corrected chi connectivity index (χ2v) is 10.5. The van der Waals surface area contributed by atoms with Crippen molar-refractivity contribution >= 4 is 22.9 Å². The third-order valence-electron chi connectivity index (χ3n) is 6.51. The predicted octanol–water partition coefficient (Wildman–Crippen LogP) is 4.60. The van der Waals surface area contributed by atoms with Gasteiger partial charge >= 0.3 is 6.09 Å². The minimum atomic E-state index is -0.499. The van der Waals surface area contributed by atoms with Crippen LogP contribution in [0.4, 0.5) is 4.79 Å². The van der Waals surface area contributed by atoms with Gasteiger partial charge in [-0.3, -0.25) is 4.79 Å². The molecule has 8 heteroatoms. The number of carbonyl (C=O) groups is 2. The molecule has 2 amide bonds. The topological polar surface area (TPSA) is 107 Å². The van der Waals surface area contributed by atoms with Crippen LogP contribution in [0.25, 0.3) is 22.2 Å². The third kappa shape index (κ3) is 6.71. The Morgan fingerprint density at radius 3 is 2.25 bits per heavy atom. The van der Waals surface area contributed by atoms with Crippen LogP contribution in [0.3, 0.4) is 0 Å². The fourth-order valence-electron chi connectivity index (χ4n) is 4.61. The van der Waals surface area contributed by atoms with E-state index in [1.807, 2.05) is 45.0 Å². The van der Waals surface area contributed by atoms with Gasteiger partial charge in [0.15, 0.2) is 12.4 Å². The standard InChI is InChI=1S/C28H34N4O4/c1-28(2,3)36-27(34)30-18-20-10-8-19(9-11-20)17-29-26(33)23-16-25(21-12-14-32(35)15-13-21)31-24-7-5-4-6-22(23)24/h4-7,12-16,19-20H,8-11,17-18H2,1-3H3,(H,29,33)(H,30,34). The normalized spacial score (nSPS) is 18.0. The molecule has 1 aliphatic rings. The van der Waals surface area contributed by atoms with Crippen LogP contribution in [0.2, 0.25) is 0 Å². The lowest BCUT2D eigenvalue weighted by atomic mass is 9.82. The number of hydrogen-bond acceptors (Lipinski definition) is 5. The van der Waals surface area contributed by atoms with E-state index in [0.717, 1.165) is 46.9 Å². The van der Waals surface area contributed by atoms with Gasteiger partial charge in [0.25, 0.3) is 5.91 Å². The average molecular weight is 491 g/mol. The number of alkyl carbamates (subject to hydrolysis) is 1. The summed E-state index contributed by atoms with van der Waals surface area (Å²) in [5.41, 5.74) is 2.24. The second-order valence-electron chi connectivity index (χ2n) is 10.5. The van der Waals surface area contributed by atoms with E-state index in [1.165, 1.54) is 12.4 Å². The van der Waals surface area contributed by atoms with Gasteiger partial charge in [-0.05, 0) is 70.4 Å². The maximum absolute atomic E-state index is 13.2. The Bertz CT molecular complexity index is 1210. The molecule has 0 saturated heterocycles. The SMILES string of the molecule is CC(C)(C)OC(=O)NCC1CCC(CNC(=O)c2cc(-c3cc[n+]([O-])cc3)nc3ccccc23)CC1. The van der Waals surface area contributed by atoms with Gasteiger partial charge in [-0.15, -0.1) is 0 Å². The molecular formula is C28H34N4O4. The van der Waals surface area contributed by atoms with E-state index >= 15 is 0 Å². The number of pyridine rings is 2. The molecule has 1 fully saturated rings. The minimum absolute atomic E-state index is 0.126. The quantitative estimate of drug-likeness (QED) is 0.388. The lowest BCUT2D eigenvalue weighted by molar-refractivity contribution is -0.605. The molecule has 1 aromatic carbocycles. The van der Waals surface area contributed by atoms with Gasteiger partial charge in [-0.25, -0.2) is 9.78 Å². The van der Waals surface area contributed by atoms with Crippen LogP contribution in [0.15, 0.2) is 54.9 Å². The van der Waals surface area contributed by atoms with E-state index in [4.69, 9.17) is 9.72 Å². The average Bonchev–Trinajstić information content (AvgIpc) is 2.85. The molecule has 0 atom stereocenters. The molecule has 0 unspecified atom stereocenters. The van der Waals surface area contributed by atoms with Crippen molar-refractivity contribution in [1.82, 2.24) is 15.6 Å². The number of rotatable bonds is 6. The molecule has 2 aromatic heterocycles. The van der Waals surface area contributed by atoms with Crippen molar-refractivity contribution in [2.75, 3.05) is 13.1 Å². The molecule has 2 N–H and O–H groups in total. The fraction of sp³-hybridized carbons (Fsp3) is 0.429. The van der Waals surface area contributed by atoms with Crippen LogP contribution in [-0.2, 0) is 4.74 Å². The zero-order valence-corrected chi connectivity index (χ0v) is 21.1. The fourth-order valence-corrected chi connectivity index (χ4v) is 4.61. The molecule has 0 spiro atoms. The van der Waals surface area contributed by atoms with E-state index in [9.17, 15) is 14.8 Å². The zero-order valence-electron chi connectivity index (χ0n) is 21.1. The Labute approximate surface area is 211 Å². The lowest BCUT2D eigenvalue weighted by Crippen LogP contribution is -2.37. The van der Waals surface area contributed by atoms with E-state index in [-0.39, 0.29) is 12.0 Å². The van der Waals surface area contributed by atoms with Gasteiger partial charge in [0.1, 0.15) is 5.60 Å². The number of carbonyl (C=O) groups excluding carboxylic acids is 2. The van der Waals surface area contributed by atoms with Crippen molar-refractivity contribution in [1.29, 1.82) is 0 Å². The molecular weight excluding hydrogens is 456 g/mol. The van der Waals surface area contributed by atoms with Gasteiger partial charge in [0, 0.05) is 36.2 Å². The van der Waals surface area contributed by atoms with Crippen LogP contribution < -0.4 is 15.4 Å². The van der Waals surface area contributed by atoms with Crippen molar-refractivity contribution in [2.45, 2.75) is 52.1 Å². The summed E-state index contributed by atoms with van der Waals surface area (Å²) >= 11 is 0. The Kier molecular flexibility index (Phi) is 7.72. The number of ether oxygens (including phenoxy) is 1. The summed E-state index contributed by atoms with van der Waals surface area (Å²) in [7, 11) is 0. The molecule has 0 aliphatic heterocycles. The molecule has 4 rings (SSSR count). The molecule has 2 heterocycles. The summed E-state index contributed by atoms with van der Waals surface area (Å²) in [4.78, 5) is 29.8. The summed E-state index contributed by atoms with van der Waals surface area (Å²) in [5, 5.41) is 18.2. The first kappa shape index (κ1) is 25.4. The Hall–Kier alpha value is -3.68. The highest BCUT2D eigenvalue weighted by Crippen LogP contribution is 2.29. The molecule has 0 radical (unpaired) electrons. The Morgan fingerprint density at radius 2 is 1.61 bits per heavy atom. The number of nitrogens with one attached hydrogen (secondary N) is 2. The lowest BCUT2D eigenvalue weighted by Gasteiger charge is -2.29. The van der Waals surface area contributed by atoms with Crippen molar-refractivity contribution in [3.63, 3.8) is 0 Å². The van der Waals surface area contributed by atoms with E-state index in [1.54, 1.807) is 18.2 Å². The van der Waals surface area contributed by atoms with Crippen molar-refractivity contribution in [2.24, 2.45) is 11.8 Å². The smallest absolute Gasteiger partial charge is 0.407 e. The third-order valence-corrected chi connectivity index (χ3v) is 6.51. The first-order valence-corrected chi connectivity index (χ1v) is 12.5.